The molecule has 5 heteroatoms. The number of rotatable bonds is 3. The Morgan fingerprint density at radius 2 is 1.86 bits per heavy atom. The third-order valence-electron chi connectivity index (χ3n) is 2.49. The van der Waals surface area contributed by atoms with E-state index < -0.39 is 0 Å². The quantitative estimate of drug-likeness (QED) is 0.618. The topological polar surface area (TPSA) is 60.9 Å². The van der Waals surface area contributed by atoms with E-state index in [1.54, 1.807) is 0 Å². The summed E-state index contributed by atoms with van der Waals surface area (Å²) in [6.07, 6.45) is 0.761. The van der Waals surface area contributed by atoms with Crippen molar-refractivity contribution in [3.63, 3.8) is 0 Å². The van der Waals surface area contributed by atoms with Gasteiger partial charge in [-0.1, -0.05) is 6.92 Å². The highest BCUT2D eigenvalue weighted by Gasteiger charge is 2.32. The largest absolute Gasteiger partial charge is 0.381 e. The summed E-state index contributed by atoms with van der Waals surface area (Å²) < 4.78 is 0. The molecule has 80 valence electrons. The molecule has 1 heterocycles. The van der Waals surface area contributed by atoms with Crippen LogP contribution in [0.3, 0.4) is 0 Å². The molecule has 0 spiro atoms. The molecule has 0 bridgehead atoms. The number of hydrogen-bond acceptors (Lipinski definition) is 4. The van der Waals surface area contributed by atoms with E-state index in [9.17, 15) is 9.59 Å². The van der Waals surface area contributed by atoms with Crippen molar-refractivity contribution in [2.45, 2.75) is 26.3 Å². The van der Waals surface area contributed by atoms with Crippen molar-refractivity contribution >= 4 is 11.8 Å². The Kier molecular flexibility index (Phi) is 3.60. The maximum absolute atomic E-state index is 11.5. The lowest BCUT2D eigenvalue weighted by Gasteiger charge is -2.34. The van der Waals surface area contributed by atoms with Crippen LogP contribution in [0.4, 0.5) is 0 Å². The van der Waals surface area contributed by atoms with E-state index in [1.165, 1.54) is 9.80 Å². The molecule has 0 saturated carbocycles. The molecular formula is C9H16N2O3. The van der Waals surface area contributed by atoms with Crippen molar-refractivity contribution in [3.8, 4) is 0 Å². The van der Waals surface area contributed by atoms with Gasteiger partial charge in [0.2, 0.25) is 11.8 Å². The Morgan fingerprint density at radius 1 is 1.36 bits per heavy atom. The van der Waals surface area contributed by atoms with Gasteiger partial charge in [-0.05, 0) is 13.3 Å². The van der Waals surface area contributed by atoms with E-state index in [1.807, 2.05) is 13.8 Å². The van der Waals surface area contributed by atoms with E-state index in [2.05, 4.69) is 0 Å². The number of imide groups is 1. The SMILES string of the molecule is CCC(C)N1C(=O)CN(CO)CC1=O. The third kappa shape index (κ3) is 2.10. The molecule has 1 fully saturated rings. The second kappa shape index (κ2) is 4.52. The third-order valence-corrected chi connectivity index (χ3v) is 2.49. The average Bonchev–Trinajstić information content (AvgIpc) is 2.16. The predicted molar refractivity (Wildman–Crippen MR) is 50.3 cm³/mol. The van der Waals surface area contributed by atoms with E-state index in [0.29, 0.717) is 0 Å². The van der Waals surface area contributed by atoms with E-state index in [0.717, 1.165) is 6.42 Å². The first-order valence-corrected chi connectivity index (χ1v) is 4.78. The van der Waals surface area contributed by atoms with Crippen LogP contribution in [0.1, 0.15) is 20.3 Å². The average molecular weight is 200 g/mol. The van der Waals surface area contributed by atoms with Gasteiger partial charge in [-0.3, -0.25) is 19.4 Å². The first-order chi connectivity index (χ1) is 6.60. The maximum Gasteiger partial charge on any atom is 0.243 e. The fourth-order valence-corrected chi connectivity index (χ4v) is 1.50. The van der Waals surface area contributed by atoms with Gasteiger partial charge < -0.3 is 5.11 Å². The molecule has 1 N–H and O–H groups in total. The van der Waals surface area contributed by atoms with Crippen LogP contribution in [-0.4, -0.2) is 52.6 Å². The molecule has 1 saturated heterocycles. The molecule has 5 nitrogen and oxygen atoms in total. The monoisotopic (exact) mass is 200 g/mol. The lowest BCUT2D eigenvalue weighted by molar-refractivity contribution is -0.155. The van der Waals surface area contributed by atoms with Crippen molar-refractivity contribution in [2.24, 2.45) is 0 Å². The Morgan fingerprint density at radius 3 is 2.21 bits per heavy atom. The summed E-state index contributed by atoms with van der Waals surface area (Å²) in [6.45, 7) is 3.80. The lowest BCUT2D eigenvalue weighted by atomic mass is 10.2. The number of piperazine rings is 1. The predicted octanol–water partition coefficient (Wildman–Crippen LogP) is -0.595. The molecule has 1 unspecified atom stereocenters. The Hall–Kier alpha value is -0.940. The van der Waals surface area contributed by atoms with Crippen molar-refractivity contribution < 1.29 is 14.7 Å². The fourth-order valence-electron chi connectivity index (χ4n) is 1.50. The zero-order valence-corrected chi connectivity index (χ0v) is 8.56. The summed E-state index contributed by atoms with van der Waals surface area (Å²) in [6, 6.07) is -0.0455. The molecule has 0 aliphatic carbocycles. The summed E-state index contributed by atoms with van der Waals surface area (Å²) in [5, 5.41) is 8.81. The van der Waals surface area contributed by atoms with Crippen molar-refractivity contribution in [1.29, 1.82) is 0 Å². The van der Waals surface area contributed by atoms with Gasteiger partial charge in [0.15, 0.2) is 0 Å². The van der Waals surface area contributed by atoms with Crippen molar-refractivity contribution in [3.05, 3.63) is 0 Å². The molecule has 1 rings (SSSR count). The molecule has 1 aliphatic heterocycles. The summed E-state index contributed by atoms with van der Waals surface area (Å²) >= 11 is 0. The first kappa shape index (κ1) is 11.1. The van der Waals surface area contributed by atoms with Gasteiger partial charge in [-0.25, -0.2) is 0 Å². The van der Waals surface area contributed by atoms with Crippen LogP contribution in [0.5, 0.6) is 0 Å². The van der Waals surface area contributed by atoms with Gasteiger partial charge in [-0.2, -0.15) is 0 Å². The van der Waals surface area contributed by atoms with Crippen LogP contribution in [0.25, 0.3) is 0 Å². The van der Waals surface area contributed by atoms with Crippen LogP contribution in [-0.2, 0) is 9.59 Å². The minimum absolute atomic E-state index is 0.0455. The van der Waals surface area contributed by atoms with Gasteiger partial charge in [0.1, 0.15) is 0 Å². The van der Waals surface area contributed by atoms with Gasteiger partial charge >= 0.3 is 0 Å². The molecular weight excluding hydrogens is 184 g/mol. The van der Waals surface area contributed by atoms with Crippen molar-refractivity contribution in [1.82, 2.24) is 9.80 Å². The molecule has 1 aliphatic rings. The highest BCUT2D eigenvalue weighted by atomic mass is 16.3. The minimum atomic E-state index is -0.244. The zero-order chi connectivity index (χ0) is 10.7. The number of amides is 2. The van der Waals surface area contributed by atoms with Gasteiger partial charge in [0.05, 0.1) is 19.8 Å². The molecule has 2 amide bonds. The number of aliphatic hydroxyl groups is 1. The van der Waals surface area contributed by atoms with Gasteiger partial charge in [-0.15, -0.1) is 0 Å². The van der Waals surface area contributed by atoms with Gasteiger partial charge in [0, 0.05) is 6.04 Å². The van der Waals surface area contributed by atoms with Crippen LogP contribution in [0.2, 0.25) is 0 Å². The molecule has 0 aromatic heterocycles. The Labute approximate surface area is 83.3 Å². The molecule has 14 heavy (non-hydrogen) atoms. The summed E-state index contributed by atoms with van der Waals surface area (Å²) in [7, 11) is 0. The second-order valence-corrected chi connectivity index (χ2v) is 3.54. The highest BCUT2D eigenvalue weighted by molar-refractivity contribution is 5.99. The molecule has 1 atom stereocenters. The second-order valence-electron chi connectivity index (χ2n) is 3.54. The maximum atomic E-state index is 11.5. The highest BCUT2D eigenvalue weighted by Crippen LogP contribution is 2.10. The zero-order valence-electron chi connectivity index (χ0n) is 8.56. The first-order valence-electron chi connectivity index (χ1n) is 4.78. The number of aliphatic hydroxyl groups excluding tert-OH is 1. The van der Waals surface area contributed by atoms with E-state index >= 15 is 0 Å². The molecule has 0 aromatic carbocycles. The molecule has 0 radical (unpaired) electrons. The number of carbonyl (C=O) groups is 2. The van der Waals surface area contributed by atoms with E-state index in [4.69, 9.17) is 5.11 Å². The van der Waals surface area contributed by atoms with Crippen LogP contribution < -0.4 is 0 Å². The van der Waals surface area contributed by atoms with Gasteiger partial charge in [0.25, 0.3) is 0 Å². The summed E-state index contributed by atoms with van der Waals surface area (Å²) in [5.41, 5.74) is 0. The lowest BCUT2D eigenvalue weighted by Crippen LogP contribution is -2.56. The van der Waals surface area contributed by atoms with E-state index in [-0.39, 0.29) is 37.7 Å². The smallest absolute Gasteiger partial charge is 0.243 e. The Bertz CT molecular complexity index is 224. The number of nitrogens with zero attached hydrogens (tertiary/aromatic N) is 2. The van der Waals surface area contributed by atoms with Crippen molar-refractivity contribution in [2.75, 3.05) is 19.8 Å². The standard InChI is InChI=1S/C9H16N2O3/c1-3-7(2)11-8(13)4-10(6-12)5-9(11)14/h7,12H,3-6H2,1-2H3. The van der Waals surface area contributed by atoms with Crippen LogP contribution >= 0.6 is 0 Å². The summed E-state index contributed by atoms with van der Waals surface area (Å²) in [5.74, 6) is -0.436. The van der Waals surface area contributed by atoms with Crippen LogP contribution in [0, 0.1) is 0 Å². The number of carbonyl (C=O) groups excluding carboxylic acids is 2. The van der Waals surface area contributed by atoms with Crippen LogP contribution in [0.15, 0.2) is 0 Å². The Balaban J connectivity index is 2.70. The fraction of sp³-hybridized carbons (Fsp3) is 0.778. The summed E-state index contributed by atoms with van der Waals surface area (Å²) in [4.78, 5) is 25.8. The normalized spacial score (nSPS) is 21.5. The minimum Gasteiger partial charge on any atom is -0.381 e. The number of hydrogen-bond donors (Lipinski definition) is 1. The molecule has 0 aromatic rings.